The molecular formula is C20H25ClN4O2S. The second-order valence-corrected chi connectivity index (χ2v) is 8.02. The first-order chi connectivity index (χ1) is 13.6. The highest BCUT2D eigenvalue weighted by Crippen LogP contribution is 2.24. The van der Waals surface area contributed by atoms with Gasteiger partial charge in [-0.25, -0.2) is 0 Å². The molecule has 0 saturated heterocycles. The summed E-state index contributed by atoms with van der Waals surface area (Å²) in [5.41, 5.74) is 1.47. The minimum Gasteiger partial charge on any atom is -0.484 e. The average molecular weight is 421 g/mol. The zero-order chi connectivity index (χ0) is 19.8. The lowest BCUT2D eigenvalue weighted by atomic mass is 9.97. The largest absolute Gasteiger partial charge is 0.484 e. The summed E-state index contributed by atoms with van der Waals surface area (Å²) in [7, 11) is 1.86. The van der Waals surface area contributed by atoms with Crippen LogP contribution in [0.4, 0.5) is 0 Å². The van der Waals surface area contributed by atoms with E-state index in [9.17, 15) is 4.79 Å². The smallest absolute Gasteiger partial charge is 0.230 e. The molecule has 0 fully saturated rings. The lowest BCUT2D eigenvalue weighted by Crippen LogP contribution is -2.26. The van der Waals surface area contributed by atoms with E-state index in [2.05, 4.69) is 21.6 Å². The molecule has 0 saturated carbocycles. The number of halogens is 1. The number of hydrogen-bond acceptors (Lipinski definition) is 5. The Balaban J connectivity index is 1.41. The summed E-state index contributed by atoms with van der Waals surface area (Å²) >= 11 is 7.46. The van der Waals surface area contributed by atoms with Crippen LogP contribution >= 0.6 is 23.4 Å². The van der Waals surface area contributed by atoms with Crippen LogP contribution in [0.25, 0.3) is 0 Å². The van der Waals surface area contributed by atoms with E-state index < -0.39 is 0 Å². The molecule has 2 aromatic rings. The molecule has 1 aromatic carbocycles. The summed E-state index contributed by atoms with van der Waals surface area (Å²) in [5, 5.41) is 12.5. The maximum Gasteiger partial charge on any atom is 0.230 e. The minimum absolute atomic E-state index is 0.0123. The molecule has 8 heteroatoms. The van der Waals surface area contributed by atoms with Gasteiger partial charge in [0.25, 0.3) is 0 Å². The van der Waals surface area contributed by atoms with Crippen molar-refractivity contribution in [2.45, 2.75) is 43.9 Å². The van der Waals surface area contributed by atoms with E-state index in [0.29, 0.717) is 34.1 Å². The van der Waals surface area contributed by atoms with Gasteiger partial charge in [-0.1, -0.05) is 47.1 Å². The second kappa shape index (κ2) is 10.5. The number of benzene rings is 1. The molecule has 0 aliphatic heterocycles. The van der Waals surface area contributed by atoms with Gasteiger partial charge in [0.15, 0.2) is 11.0 Å². The Labute approximate surface area is 174 Å². The number of nitrogens with zero attached hydrogens (tertiary/aromatic N) is 3. The Morgan fingerprint density at radius 3 is 2.96 bits per heavy atom. The number of ether oxygens (including phenoxy) is 1. The van der Waals surface area contributed by atoms with Crippen LogP contribution in [-0.2, 0) is 18.4 Å². The summed E-state index contributed by atoms with van der Waals surface area (Å²) in [6.07, 6.45) is 8.16. The monoisotopic (exact) mass is 420 g/mol. The van der Waals surface area contributed by atoms with E-state index in [-0.39, 0.29) is 12.5 Å². The van der Waals surface area contributed by atoms with Crippen molar-refractivity contribution in [2.75, 3.05) is 12.3 Å². The van der Waals surface area contributed by atoms with Crippen LogP contribution < -0.4 is 10.1 Å². The highest BCUT2D eigenvalue weighted by atomic mass is 35.5. The number of rotatable bonds is 9. The fourth-order valence-electron chi connectivity index (χ4n) is 2.98. The van der Waals surface area contributed by atoms with Gasteiger partial charge in [0.05, 0.1) is 10.8 Å². The molecule has 1 N–H and O–H groups in total. The first kappa shape index (κ1) is 20.7. The molecule has 1 aromatic heterocycles. The van der Waals surface area contributed by atoms with Crippen LogP contribution in [0, 0.1) is 0 Å². The van der Waals surface area contributed by atoms with Crippen molar-refractivity contribution in [2.24, 2.45) is 7.05 Å². The van der Waals surface area contributed by atoms with Gasteiger partial charge < -0.3 is 14.6 Å². The molecule has 1 aliphatic rings. The quantitative estimate of drug-likeness (QED) is 0.487. The average Bonchev–Trinajstić information content (AvgIpc) is 3.06. The molecular weight excluding hydrogens is 396 g/mol. The van der Waals surface area contributed by atoms with E-state index >= 15 is 0 Å². The van der Waals surface area contributed by atoms with Crippen LogP contribution in [0.15, 0.2) is 41.1 Å². The fourth-order valence-corrected chi connectivity index (χ4v) is 3.93. The lowest BCUT2D eigenvalue weighted by Gasteiger charge is -2.12. The first-order valence-electron chi connectivity index (χ1n) is 9.46. The molecule has 0 atom stereocenters. The summed E-state index contributed by atoms with van der Waals surface area (Å²) in [4.78, 5) is 12.1. The zero-order valence-electron chi connectivity index (χ0n) is 16.0. The van der Waals surface area contributed by atoms with E-state index in [0.717, 1.165) is 6.42 Å². The molecule has 0 spiro atoms. The Morgan fingerprint density at radius 1 is 1.32 bits per heavy atom. The van der Waals surface area contributed by atoms with Crippen molar-refractivity contribution >= 4 is 29.3 Å². The molecule has 0 bridgehead atoms. The predicted molar refractivity (Wildman–Crippen MR) is 112 cm³/mol. The van der Waals surface area contributed by atoms with Crippen LogP contribution in [0.3, 0.4) is 0 Å². The summed E-state index contributed by atoms with van der Waals surface area (Å²) in [6.45, 7) is 0.954. The third-order valence-electron chi connectivity index (χ3n) is 4.60. The molecule has 1 heterocycles. The second-order valence-electron chi connectivity index (χ2n) is 6.67. The van der Waals surface area contributed by atoms with Gasteiger partial charge in [-0.15, -0.1) is 10.2 Å². The van der Waals surface area contributed by atoms with Crippen molar-refractivity contribution in [3.63, 3.8) is 0 Å². The highest BCUT2D eigenvalue weighted by Gasteiger charge is 2.13. The van der Waals surface area contributed by atoms with E-state index in [1.54, 1.807) is 6.07 Å². The van der Waals surface area contributed by atoms with Crippen LogP contribution in [0.1, 0.15) is 37.9 Å². The van der Waals surface area contributed by atoms with Gasteiger partial charge in [-0.2, -0.15) is 0 Å². The maximum absolute atomic E-state index is 12.1. The summed E-state index contributed by atoms with van der Waals surface area (Å²) in [6, 6.07) is 7.30. The number of aromatic nitrogens is 3. The third kappa shape index (κ3) is 6.01. The molecule has 3 rings (SSSR count). The van der Waals surface area contributed by atoms with E-state index in [1.165, 1.54) is 43.0 Å². The summed E-state index contributed by atoms with van der Waals surface area (Å²) in [5.74, 6) is 1.61. The van der Waals surface area contributed by atoms with Crippen molar-refractivity contribution in [3.05, 3.63) is 46.8 Å². The topological polar surface area (TPSA) is 69.0 Å². The molecule has 150 valence electrons. The number of thioether (sulfide) groups is 1. The predicted octanol–water partition coefficient (Wildman–Crippen LogP) is 4.15. The minimum atomic E-state index is 0.0123. The number of para-hydroxylation sites is 1. The molecule has 1 amide bonds. The van der Waals surface area contributed by atoms with Gasteiger partial charge in [-0.3, -0.25) is 4.79 Å². The van der Waals surface area contributed by atoms with Crippen molar-refractivity contribution in [3.8, 4) is 5.75 Å². The Bertz CT molecular complexity index is 837. The van der Waals surface area contributed by atoms with Gasteiger partial charge in [0.2, 0.25) is 5.91 Å². The van der Waals surface area contributed by atoms with Gasteiger partial charge in [0, 0.05) is 13.6 Å². The van der Waals surface area contributed by atoms with Crippen LogP contribution in [0.5, 0.6) is 5.75 Å². The number of allylic oxidation sites excluding steroid dienone is 1. The molecule has 0 radical (unpaired) electrons. The zero-order valence-corrected chi connectivity index (χ0v) is 17.6. The number of hydrogen-bond donors (Lipinski definition) is 1. The molecule has 1 aliphatic carbocycles. The van der Waals surface area contributed by atoms with E-state index in [1.807, 2.05) is 29.8 Å². The molecule has 0 unspecified atom stereocenters. The maximum atomic E-state index is 12.1. The Morgan fingerprint density at radius 2 is 2.18 bits per heavy atom. The molecule has 6 nitrogen and oxygen atoms in total. The third-order valence-corrected chi connectivity index (χ3v) is 5.94. The van der Waals surface area contributed by atoms with Gasteiger partial charge in [-0.05, 0) is 44.2 Å². The highest BCUT2D eigenvalue weighted by molar-refractivity contribution is 7.99. The van der Waals surface area contributed by atoms with Crippen molar-refractivity contribution in [1.82, 2.24) is 20.1 Å². The van der Waals surface area contributed by atoms with Crippen molar-refractivity contribution < 1.29 is 9.53 Å². The summed E-state index contributed by atoms with van der Waals surface area (Å²) < 4.78 is 7.54. The Hall–Kier alpha value is -1.99. The SMILES string of the molecule is Cn1c(COc2ccccc2Cl)nnc1SCC(=O)NCCC1=CCCCC1. The number of amides is 1. The number of carbonyl (C=O) groups excluding carboxylic acids is 1. The van der Waals surface area contributed by atoms with Crippen LogP contribution in [0.2, 0.25) is 5.02 Å². The molecule has 28 heavy (non-hydrogen) atoms. The van der Waals surface area contributed by atoms with Crippen LogP contribution in [-0.4, -0.2) is 33.0 Å². The lowest BCUT2D eigenvalue weighted by molar-refractivity contribution is -0.118. The fraction of sp³-hybridized carbons (Fsp3) is 0.450. The Kier molecular flexibility index (Phi) is 7.80. The van der Waals surface area contributed by atoms with E-state index in [4.69, 9.17) is 16.3 Å². The van der Waals surface area contributed by atoms with Crippen molar-refractivity contribution in [1.29, 1.82) is 0 Å². The number of carbonyl (C=O) groups is 1. The standard InChI is InChI=1S/C20H25ClN4O2S/c1-25-18(13-27-17-10-6-5-9-16(17)21)23-24-20(25)28-14-19(26)22-12-11-15-7-3-2-4-8-15/h5-7,9-10H,2-4,8,11-14H2,1H3,(H,22,26). The van der Waals surface area contributed by atoms with Gasteiger partial charge >= 0.3 is 0 Å². The first-order valence-corrected chi connectivity index (χ1v) is 10.8. The number of nitrogens with one attached hydrogen (secondary N) is 1. The normalized spacial score (nSPS) is 13.9. The van der Waals surface area contributed by atoms with Gasteiger partial charge in [0.1, 0.15) is 12.4 Å².